The van der Waals surface area contributed by atoms with Gasteiger partial charge in [-0.25, -0.2) is 4.79 Å². The highest BCUT2D eigenvalue weighted by Crippen LogP contribution is 2.35. The van der Waals surface area contributed by atoms with Gasteiger partial charge in [-0.1, -0.05) is 24.3 Å². The van der Waals surface area contributed by atoms with Gasteiger partial charge in [0.2, 0.25) is 0 Å². The van der Waals surface area contributed by atoms with Crippen molar-refractivity contribution in [3.63, 3.8) is 0 Å². The number of nitro benzene ring substituents is 1. The zero-order chi connectivity index (χ0) is 17.8. The van der Waals surface area contributed by atoms with Crippen LogP contribution >= 0.6 is 0 Å². The molecule has 0 aromatic heterocycles. The number of para-hydroxylation sites is 2. The lowest BCUT2D eigenvalue weighted by molar-refractivity contribution is -0.384. The Bertz CT molecular complexity index is 830. The van der Waals surface area contributed by atoms with E-state index in [1.807, 2.05) is 24.3 Å². The second-order valence-corrected chi connectivity index (χ2v) is 5.61. The minimum absolute atomic E-state index is 0.0428. The monoisotopic (exact) mass is 339 g/mol. The Hall–Kier alpha value is -3.35. The zero-order valence-electron chi connectivity index (χ0n) is 13.6. The number of ether oxygens (including phenoxy) is 1. The molecule has 3 rings (SSSR count). The lowest BCUT2D eigenvalue weighted by Crippen LogP contribution is -2.11. The summed E-state index contributed by atoms with van der Waals surface area (Å²) in [6, 6.07) is 13.9. The number of methoxy groups -OCH3 is 1. The quantitative estimate of drug-likeness (QED) is 0.384. The number of nitro groups is 1. The van der Waals surface area contributed by atoms with Crippen LogP contribution in [-0.4, -0.2) is 18.0 Å². The van der Waals surface area contributed by atoms with Gasteiger partial charge in [-0.15, -0.1) is 0 Å². The molecule has 0 radical (unpaired) electrons. The number of nitrogens with zero attached hydrogens (tertiary/aromatic N) is 1. The van der Waals surface area contributed by atoms with Crippen molar-refractivity contribution < 1.29 is 14.5 Å². The Morgan fingerprint density at radius 1 is 1.20 bits per heavy atom. The second-order valence-electron chi connectivity index (χ2n) is 5.61. The fraction of sp³-hybridized carbons (Fsp3) is 0.167. The van der Waals surface area contributed by atoms with E-state index in [4.69, 9.17) is 4.74 Å². The van der Waals surface area contributed by atoms with Gasteiger partial charge in [0.25, 0.3) is 5.69 Å². The summed E-state index contributed by atoms with van der Waals surface area (Å²) >= 11 is 0. The molecule has 0 amide bonds. The predicted molar refractivity (Wildman–Crippen MR) is 94.2 cm³/mol. The Kier molecular flexibility index (Phi) is 4.65. The SMILES string of the molecule is COC(=O)/C=C1/CC(c2ccc([N+](=O)[O-])cc2)Nc2ccccc2N1. The van der Waals surface area contributed by atoms with Crippen LogP contribution in [0.2, 0.25) is 0 Å². The molecule has 7 nitrogen and oxygen atoms in total. The van der Waals surface area contributed by atoms with E-state index in [1.165, 1.54) is 25.3 Å². The highest BCUT2D eigenvalue weighted by molar-refractivity contribution is 5.84. The van der Waals surface area contributed by atoms with E-state index in [-0.39, 0.29) is 11.7 Å². The molecular weight excluding hydrogens is 322 g/mol. The molecule has 25 heavy (non-hydrogen) atoms. The van der Waals surface area contributed by atoms with Gasteiger partial charge >= 0.3 is 5.97 Å². The Morgan fingerprint density at radius 3 is 2.52 bits per heavy atom. The van der Waals surface area contributed by atoms with Gasteiger partial charge in [0, 0.05) is 30.3 Å². The molecule has 2 aromatic carbocycles. The van der Waals surface area contributed by atoms with Crippen molar-refractivity contribution in [1.29, 1.82) is 0 Å². The van der Waals surface area contributed by atoms with Crippen LogP contribution in [-0.2, 0) is 9.53 Å². The topological polar surface area (TPSA) is 93.5 Å². The van der Waals surface area contributed by atoms with Gasteiger partial charge in [0.15, 0.2) is 0 Å². The number of carbonyl (C=O) groups excluding carboxylic acids is 1. The summed E-state index contributed by atoms with van der Waals surface area (Å²) in [5.41, 5.74) is 3.37. The first-order valence-electron chi connectivity index (χ1n) is 7.72. The zero-order valence-corrected chi connectivity index (χ0v) is 13.6. The molecule has 1 aliphatic rings. The van der Waals surface area contributed by atoms with Crippen LogP contribution in [0.4, 0.5) is 17.1 Å². The summed E-state index contributed by atoms with van der Waals surface area (Å²) in [6.45, 7) is 0. The maximum absolute atomic E-state index is 11.6. The van der Waals surface area contributed by atoms with E-state index >= 15 is 0 Å². The van der Waals surface area contributed by atoms with E-state index in [0.29, 0.717) is 12.1 Å². The number of esters is 1. The number of hydrogen-bond donors (Lipinski definition) is 2. The van der Waals surface area contributed by atoms with E-state index in [2.05, 4.69) is 10.6 Å². The summed E-state index contributed by atoms with van der Waals surface area (Å²) in [4.78, 5) is 22.0. The average Bonchev–Trinajstić information content (AvgIpc) is 2.80. The van der Waals surface area contributed by atoms with Gasteiger partial charge in [-0.3, -0.25) is 10.1 Å². The number of hydrogen-bond acceptors (Lipinski definition) is 6. The van der Waals surface area contributed by atoms with Crippen molar-refractivity contribution in [3.8, 4) is 0 Å². The predicted octanol–water partition coefficient (Wildman–Crippen LogP) is 3.62. The molecule has 0 saturated carbocycles. The molecular formula is C18H17N3O4. The van der Waals surface area contributed by atoms with Crippen molar-refractivity contribution >= 4 is 23.0 Å². The van der Waals surface area contributed by atoms with Gasteiger partial charge in [0.05, 0.1) is 29.4 Å². The number of nitrogens with one attached hydrogen (secondary N) is 2. The van der Waals surface area contributed by atoms with Crippen LogP contribution in [0.25, 0.3) is 0 Å². The molecule has 1 unspecified atom stereocenters. The summed E-state index contributed by atoms with van der Waals surface area (Å²) in [5.74, 6) is -0.440. The van der Waals surface area contributed by atoms with Gasteiger partial charge in [0.1, 0.15) is 0 Å². The molecule has 0 aliphatic carbocycles. The largest absolute Gasteiger partial charge is 0.466 e. The minimum Gasteiger partial charge on any atom is -0.466 e. The third-order valence-corrected chi connectivity index (χ3v) is 3.98. The number of anilines is 2. The molecule has 1 aliphatic heterocycles. The number of fused-ring (bicyclic) bond motifs is 1. The maximum atomic E-state index is 11.6. The fourth-order valence-electron chi connectivity index (χ4n) is 2.73. The van der Waals surface area contributed by atoms with Gasteiger partial charge in [-0.2, -0.15) is 0 Å². The molecule has 0 bridgehead atoms. The van der Waals surface area contributed by atoms with Crippen molar-refractivity contribution in [2.75, 3.05) is 17.7 Å². The molecule has 0 saturated heterocycles. The summed E-state index contributed by atoms with van der Waals surface area (Å²) in [7, 11) is 1.33. The number of rotatable bonds is 3. The van der Waals surface area contributed by atoms with Crippen molar-refractivity contribution in [2.45, 2.75) is 12.5 Å². The van der Waals surface area contributed by atoms with E-state index in [1.54, 1.807) is 12.1 Å². The lowest BCUT2D eigenvalue weighted by Gasteiger charge is -2.18. The van der Waals surface area contributed by atoms with E-state index in [9.17, 15) is 14.9 Å². The van der Waals surface area contributed by atoms with Crippen LogP contribution in [0.3, 0.4) is 0 Å². The summed E-state index contributed by atoms with van der Waals surface area (Å²) in [6.07, 6.45) is 1.92. The first kappa shape index (κ1) is 16.5. The number of non-ortho nitro benzene ring substituents is 1. The van der Waals surface area contributed by atoms with Crippen LogP contribution in [0, 0.1) is 10.1 Å². The molecule has 2 aromatic rings. The Labute approximate surface area is 144 Å². The highest BCUT2D eigenvalue weighted by atomic mass is 16.6. The van der Waals surface area contributed by atoms with E-state index in [0.717, 1.165) is 16.9 Å². The van der Waals surface area contributed by atoms with Crippen molar-refractivity contribution in [3.05, 3.63) is 76.0 Å². The number of carbonyl (C=O) groups is 1. The number of benzene rings is 2. The third-order valence-electron chi connectivity index (χ3n) is 3.98. The average molecular weight is 339 g/mol. The Morgan fingerprint density at radius 2 is 1.88 bits per heavy atom. The molecule has 2 N–H and O–H groups in total. The normalized spacial score (nSPS) is 17.6. The van der Waals surface area contributed by atoms with Crippen LogP contribution in [0.1, 0.15) is 18.0 Å². The fourth-order valence-corrected chi connectivity index (χ4v) is 2.73. The van der Waals surface area contributed by atoms with Crippen LogP contribution in [0.15, 0.2) is 60.3 Å². The summed E-state index contributed by atoms with van der Waals surface area (Å²) < 4.78 is 4.71. The highest BCUT2D eigenvalue weighted by Gasteiger charge is 2.21. The Balaban J connectivity index is 1.96. The van der Waals surface area contributed by atoms with Gasteiger partial charge < -0.3 is 15.4 Å². The molecule has 1 atom stereocenters. The van der Waals surface area contributed by atoms with Crippen molar-refractivity contribution in [2.24, 2.45) is 0 Å². The molecule has 0 spiro atoms. The maximum Gasteiger partial charge on any atom is 0.332 e. The lowest BCUT2D eigenvalue weighted by atomic mass is 10.0. The second kappa shape index (κ2) is 7.04. The standard InChI is InChI=1S/C18H17N3O4/c1-25-18(22)11-13-10-17(12-6-8-14(9-7-12)21(23)24)20-16-5-3-2-4-15(16)19-13/h2-9,11,17,19-20H,10H2,1H3/b13-11-. The first-order valence-corrected chi connectivity index (χ1v) is 7.72. The first-order chi connectivity index (χ1) is 12.1. The third kappa shape index (κ3) is 3.77. The molecule has 1 heterocycles. The van der Waals surface area contributed by atoms with Crippen LogP contribution < -0.4 is 10.6 Å². The van der Waals surface area contributed by atoms with E-state index < -0.39 is 10.9 Å². The summed E-state index contributed by atoms with van der Waals surface area (Å²) in [5, 5.41) is 17.5. The van der Waals surface area contributed by atoms with Crippen LogP contribution in [0.5, 0.6) is 0 Å². The molecule has 7 heteroatoms. The van der Waals surface area contributed by atoms with Crippen molar-refractivity contribution in [1.82, 2.24) is 0 Å². The molecule has 0 fully saturated rings. The molecule has 128 valence electrons. The smallest absolute Gasteiger partial charge is 0.332 e. The van der Waals surface area contributed by atoms with Gasteiger partial charge in [-0.05, 0) is 17.7 Å². The minimum atomic E-state index is -0.440.